The zero-order valence-electron chi connectivity index (χ0n) is 18.8. The number of rotatable bonds is 5. The molecule has 0 saturated carbocycles. The second-order valence-electron chi connectivity index (χ2n) is 8.02. The van der Waals surface area contributed by atoms with Crippen molar-refractivity contribution in [2.75, 3.05) is 32.8 Å². The molecule has 0 radical (unpaired) electrons. The van der Waals surface area contributed by atoms with Gasteiger partial charge in [-0.15, -0.1) is 0 Å². The van der Waals surface area contributed by atoms with E-state index < -0.39 is 0 Å². The summed E-state index contributed by atoms with van der Waals surface area (Å²) in [5.41, 5.74) is 4.93. The molecular weight excluding hydrogens is 404 g/mol. The summed E-state index contributed by atoms with van der Waals surface area (Å²) in [6.07, 6.45) is 0.852. The zero-order chi connectivity index (χ0) is 22.7. The van der Waals surface area contributed by atoms with Gasteiger partial charge < -0.3 is 14.5 Å². The number of amides is 2. The number of aryl methyl sites for hydroxylation is 3. The van der Waals surface area contributed by atoms with E-state index in [1.807, 2.05) is 44.2 Å². The summed E-state index contributed by atoms with van der Waals surface area (Å²) in [5, 5.41) is 0. The first-order chi connectivity index (χ1) is 15.5. The molecule has 1 aromatic heterocycles. The number of fused-ring (bicyclic) bond motifs is 1. The maximum Gasteiger partial charge on any atom is 0.260 e. The lowest BCUT2D eigenvalue weighted by Crippen LogP contribution is -2.51. The van der Waals surface area contributed by atoms with Gasteiger partial charge in [0.25, 0.3) is 11.8 Å². The van der Waals surface area contributed by atoms with Crippen molar-refractivity contribution in [2.24, 2.45) is 0 Å². The van der Waals surface area contributed by atoms with Gasteiger partial charge in [0, 0.05) is 31.7 Å². The smallest absolute Gasteiger partial charge is 0.260 e. The molecule has 0 aliphatic carbocycles. The van der Waals surface area contributed by atoms with Gasteiger partial charge in [0.2, 0.25) is 0 Å². The summed E-state index contributed by atoms with van der Waals surface area (Å²) < 4.78 is 5.76. The second kappa shape index (κ2) is 9.34. The summed E-state index contributed by atoms with van der Waals surface area (Å²) in [6, 6.07) is 13.2. The van der Waals surface area contributed by atoms with Crippen LogP contribution in [0.1, 0.15) is 34.2 Å². The lowest BCUT2D eigenvalue weighted by atomic mass is 10.1. The fourth-order valence-electron chi connectivity index (χ4n) is 3.87. The molecule has 1 fully saturated rings. The van der Waals surface area contributed by atoms with E-state index in [2.05, 4.69) is 16.9 Å². The Morgan fingerprint density at radius 3 is 2.28 bits per heavy atom. The fraction of sp³-hybridized carbons (Fsp3) is 0.360. The molecule has 7 heteroatoms. The highest BCUT2D eigenvalue weighted by molar-refractivity contribution is 5.97. The average molecular weight is 433 g/mol. The summed E-state index contributed by atoms with van der Waals surface area (Å²) in [4.78, 5) is 38.2. The minimum absolute atomic E-state index is 0.00702. The van der Waals surface area contributed by atoms with Crippen LogP contribution in [-0.4, -0.2) is 64.4 Å². The van der Waals surface area contributed by atoms with Crippen molar-refractivity contribution in [2.45, 2.75) is 27.2 Å². The molecule has 0 unspecified atom stereocenters. The van der Waals surface area contributed by atoms with Crippen molar-refractivity contribution in [3.05, 3.63) is 65.0 Å². The van der Waals surface area contributed by atoms with E-state index in [4.69, 9.17) is 4.74 Å². The Morgan fingerprint density at radius 1 is 0.906 bits per heavy atom. The predicted molar refractivity (Wildman–Crippen MR) is 123 cm³/mol. The summed E-state index contributed by atoms with van der Waals surface area (Å²) >= 11 is 0. The molecule has 32 heavy (non-hydrogen) atoms. The zero-order valence-corrected chi connectivity index (χ0v) is 18.8. The number of hydrogen-bond donors (Lipinski definition) is 0. The molecule has 7 nitrogen and oxygen atoms in total. The van der Waals surface area contributed by atoms with Crippen LogP contribution in [0.3, 0.4) is 0 Å². The Kier molecular flexibility index (Phi) is 6.35. The number of benzene rings is 2. The Hall–Kier alpha value is -3.48. The Labute approximate surface area is 188 Å². The topological polar surface area (TPSA) is 75.6 Å². The van der Waals surface area contributed by atoms with Crippen molar-refractivity contribution >= 4 is 22.8 Å². The molecule has 0 spiro atoms. The van der Waals surface area contributed by atoms with Gasteiger partial charge in [-0.3, -0.25) is 9.59 Å². The number of piperazine rings is 1. The van der Waals surface area contributed by atoms with Gasteiger partial charge in [-0.25, -0.2) is 9.97 Å². The third-order valence-electron chi connectivity index (χ3n) is 5.95. The normalized spacial score (nSPS) is 14.0. The maximum atomic E-state index is 13.0. The van der Waals surface area contributed by atoms with Crippen LogP contribution in [0.2, 0.25) is 0 Å². The molecular formula is C25H28N4O3. The molecule has 2 aromatic carbocycles. The van der Waals surface area contributed by atoms with Crippen LogP contribution in [0.25, 0.3) is 11.0 Å². The average Bonchev–Trinajstić information content (AvgIpc) is 2.82. The van der Waals surface area contributed by atoms with E-state index in [0.29, 0.717) is 31.7 Å². The number of carbonyl (C=O) groups is 2. The molecule has 1 aliphatic rings. The van der Waals surface area contributed by atoms with Crippen LogP contribution >= 0.6 is 0 Å². The Morgan fingerprint density at radius 2 is 1.56 bits per heavy atom. The third-order valence-corrected chi connectivity index (χ3v) is 5.95. The van der Waals surface area contributed by atoms with Gasteiger partial charge >= 0.3 is 0 Å². The lowest BCUT2D eigenvalue weighted by molar-refractivity contribution is -0.134. The van der Waals surface area contributed by atoms with E-state index in [0.717, 1.165) is 40.2 Å². The van der Waals surface area contributed by atoms with Gasteiger partial charge in [-0.1, -0.05) is 25.1 Å². The van der Waals surface area contributed by atoms with Crippen LogP contribution in [-0.2, 0) is 11.2 Å². The Bertz CT molecular complexity index is 1150. The standard InChI is InChI=1S/C25H28N4O3/c1-4-19-7-5-6-8-23(19)32-16-24(30)28-11-13-29(14-12-28)25(31)20-9-10-21-22(15-20)27-18(3)17(2)26-21/h5-10,15H,4,11-14,16H2,1-3H3. The van der Waals surface area contributed by atoms with Crippen molar-refractivity contribution in [3.63, 3.8) is 0 Å². The first-order valence-electron chi connectivity index (χ1n) is 11.0. The maximum absolute atomic E-state index is 13.0. The van der Waals surface area contributed by atoms with Crippen molar-refractivity contribution in [1.82, 2.24) is 19.8 Å². The van der Waals surface area contributed by atoms with E-state index in [1.54, 1.807) is 21.9 Å². The highest BCUT2D eigenvalue weighted by Crippen LogP contribution is 2.19. The highest BCUT2D eigenvalue weighted by atomic mass is 16.5. The van der Waals surface area contributed by atoms with Gasteiger partial charge in [0.05, 0.1) is 22.4 Å². The summed E-state index contributed by atoms with van der Waals surface area (Å²) in [6.45, 7) is 7.88. The molecule has 2 heterocycles. The number of ether oxygens (including phenoxy) is 1. The third kappa shape index (κ3) is 4.56. The van der Waals surface area contributed by atoms with E-state index in [1.165, 1.54) is 0 Å². The van der Waals surface area contributed by atoms with Crippen LogP contribution in [0.15, 0.2) is 42.5 Å². The Balaban J connectivity index is 1.35. The van der Waals surface area contributed by atoms with Crippen molar-refractivity contribution in [1.29, 1.82) is 0 Å². The van der Waals surface area contributed by atoms with Gasteiger partial charge in [0.15, 0.2) is 6.61 Å². The number of nitrogens with zero attached hydrogens (tertiary/aromatic N) is 4. The highest BCUT2D eigenvalue weighted by Gasteiger charge is 2.25. The number of hydrogen-bond acceptors (Lipinski definition) is 5. The molecule has 0 N–H and O–H groups in total. The van der Waals surface area contributed by atoms with Crippen molar-refractivity contribution < 1.29 is 14.3 Å². The van der Waals surface area contributed by atoms with Crippen LogP contribution in [0, 0.1) is 13.8 Å². The summed E-state index contributed by atoms with van der Waals surface area (Å²) in [5.74, 6) is 0.643. The molecule has 1 aliphatic heterocycles. The van der Waals surface area contributed by atoms with E-state index in [9.17, 15) is 9.59 Å². The molecule has 0 atom stereocenters. The van der Waals surface area contributed by atoms with Crippen molar-refractivity contribution in [3.8, 4) is 5.75 Å². The fourth-order valence-corrected chi connectivity index (χ4v) is 3.87. The minimum atomic E-state index is -0.0603. The molecule has 166 valence electrons. The summed E-state index contributed by atoms with van der Waals surface area (Å²) in [7, 11) is 0. The molecule has 2 amide bonds. The largest absolute Gasteiger partial charge is 0.483 e. The monoisotopic (exact) mass is 432 g/mol. The van der Waals surface area contributed by atoms with Crippen LogP contribution < -0.4 is 4.74 Å². The SMILES string of the molecule is CCc1ccccc1OCC(=O)N1CCN(C(=O)c2ccc3nc(C)c(C)nc3c2)CC1. The first-order valence-corrected chi connectivity index (χ1v) is 11.0. The predicted octanol–water partition coefficient (Wildman–Crippen LogP) is 3.17. The number of aromatic nitrogens is 2. The second-order valence-corrected chi connectivity index (χ2v) is 8.02. The molecule has 0 bridgehead atoms. The van der Waals surface area contributed by atoms with Gasteiger partial charge in [-0.05, 0) is 50.1 Å². The van der Waals surface area contributed by atoms with E-state index >= 15 is 0 Å². The first kappa shape index (κ1) is 21.7. The molecule has 4 rings (SSSR count). The van der Waals surface area contributed by atoms with Crippen LogP contribution in [0.4, 0.5) is 0 Å². The van der Waals surface area contributed by atoms with Gasteiger partial charge in [0.1, 0.15) is 5.75 Å². The van der Waals surface area contributed by atoms with Gasteiger partial charge in [-0.2, -0.15) is 0 Å². The quantitative estimate of drug-likeness (QED) is 0.619. The number of carbonyl (C=O) groups excluding carboxylic acids is 2. The minimum Gasteiger partial charge on any atom is -0.483 e. The van der Waals surface area contributed by atoms with Crippen LogP contribution in [0.5, 0.6) is 5.75 Å². The number of para-hydroxylation sites is 1. The van der Waals surface area contributed by atoms with E-state index in [-0.39, 0.29) is 18.4 Å². The lowest BCUT2D eigenvalue weighted by Gasteiger charge is -2.34. The molecule has 3 aromatic rings. The molecule has 1 saturated heterocycles.